The molecule has 0 aliphatic heterocycles. The van der Waals surface area contributed by atoms with Gasteiger partial charge in [-0.3, -0.25) is 14.4 Å². The highest BCUT2D eigenvalue weighted by molar-refractivity contribution is 6.21. The summed E-state index contributed by atoms with van der Waals surface area (Å²) in [4.78, 5) is 36.9. The molecule has 4 heteroatoms. The number of Topliss-reactive ketones (excluding diaryl/α,β-unsaturated/α-hetero) is 3. The number of fused-ring (bicyclic) bond motifs is 1. The van der Waals surface area contributed by atoms with E-state index in [0.717, 1.165) is 0 Å². The van der Waals surface area contributed by atoms with Gasteiger partial charge in [-0.05, 0) is 32.1 Å². The van der Waals surface area contributed by atoms with Crippen molar-refractivity contribution >= 4 is 17.3 Å². The summed E-state index contributed by atoms with van der Waals surface area (Å²) in [6.45, 7) is 5.01. The quantitative estimate of drug-likeness (QED) is 0.644. The van der Waals surface area contributed by atoms with Gasteiger partial charge in [0.25, 0.3) is 0 Å². The van der Waals surface area contributed by atoms with Gasteiger partial charge < -0.3 is 5.11 Å². The van der Waals surface area contributed by atoms with Gasteiger partial charge in [0.1, 0.15) is 11.4 Å². The second-order valence-corrected chi connectivity index (χ2v) is 6.50. The lowest BCUT2D eigenvalue weighted by atomic mass is 9.40. The van der Waals surface area contributed by atoms with E-state index >= 15 is 0 Å². The van der Waals surface area contributed by atoms with Crippen molar-refractivity contribution in [1.82, 2.24) is 0 Å². The Balaban J connectivity index is 2.25. The van der Waals surface area contributed by atoms with Gasteiger partial charge in [-0.1, -0.05) is 6.92 Å². The van der Waals surface area contributed by atoms with E-state index in [-0.39, 0.29) is 29.2 Å². The Morgan fingerprint density at radius 2 is 1.83 bits per heavy atom. The number of hydrogen-bond donors (Lipinski definition) is 1. The molecular formula is C14H18O4. The van der Waals surface area contributed by atoms with E-state index in [9.17, 15) is 19.5 Å². The number of carbonyl (C=O) groups excluding carboxylic acids is 3. The maximum absolute atomic E-state index is 12.5. The van der Waals surface area contributed by atoms with Gasteiger partial charge in [0.05, 0.1) is 11.3 Å². The van der Waals surface area contributed by atoms with E-state index in [2.05, 4.69) is 0 Å². The third-order valence-electron chi connectivity index (χ3n) is 5.82. The molecule has 4 aliphatic carbocycles. The molecule has 0 saturated heterocycles. The molecule has 0 unspecified atom stereocenters. The SMILES string of the molecule is C[C@@H]1[C@H]2CCC(=O)[C@H]3C(=O)[C@]1(C)C(=O)[C@@](C)(O)[C@H]32. The summed E-state index contributed by atoms with van der Waals surface area (Å²) < 4.78 is 0. The van der Waals surface area contributed by atoms with E-state index in [1.54, 1.807) is 6.92 Å². The summed E-state index contributed by atoms with van der Waals surface area (Å²) in [5.74, 6) is -1.97. The minimum absolute atomic E-state index is 0.0768. The van der Waals surface area contributed by atoms with Crippen LogP contribution in [0.4, 0.5) is 0 Å². The average molecular weight is 250 g/mol. The van der Waals surface area contributed by atoms with E-state index in [1.807, 2.05) is 6.92 Å². The van der Waals surface area contributed by atoms with E-state index in [4.69, 9.17) is 0 Å². The predicted molar refractivity (Wildman–Crippen MR) is 62.6 cm³/mol. The van der Waals surface area contributed by atoms with Gasteiger partial charge in [0, 0.05) is 12.3 Å². The Morgan fingerprint density at radius 1 is 1.22 bits per heavy atom. The van der Waals surface area contributed by atoms with Crippen LogP contribution in [0.2, 0.25) is 0 Å². The second kappa shape index (κ2) is 3.10. The van der Waals surface area contributed by atoms with Crippen LogP contribution in [0.3, 0.4) is 0 Å². The Bertz CT molecular complexity index is 478. The normalized spacial score (nSPS) is 55.0. The van der Waals surface area contributed by atoms with Gasteiger partial charge in [-0.25, -0.2) is 0 Å². The van der Waals surface area contributed by atoms with Crippen LogP contribution in [-0.4, -0.2) is 28.1 Å². The van der Waals surface area contributed by atoms with Gasteiger partial charge in [-0.15, -0.1) is 0 Å². The van der Waals surface area contributed by atoms with Crippen LogP contribution in [0.25, 0.3) is 0 Å². The lowest BCUT2D eigenvalue weighted by molar-refractivity contribution is -0.205. The molecule has 4 rings (SSSR count). The summed E-state index contributed by atoms with van der Waals surface area (Å²) in [7, 11) is 0. The van der Waals surface area contributed by atoms with E-state index < -0.39 is 22.9 Å². The molecule has 98 valence electrons. The molecule has 4 fully saturated rings. The van der Waals surface area contributed by atoms with Gasteiger partial charge in [0.15, 0.2) is 11.6 Å². The number of carbonyl (C=O) groups is 3. The molecule has 0 amide bonds. The van der Waals surface area contributed by atoms with E-state index in [1.165, 1.54) is 6.92 Å². The summed E-state index contributed by atoms with van der Waals surface area (Å²) in [6.07, 6.45) is 1.09. The van der Waals surface area contributed by atoms with Crippen molar-refractivity contribution in [2.45, 2.75) is 39.2 Å². The van der Waals surface area contributed by atoms with Crippen molar-refractivity contribution in [2.75, 3.05) is 0 Å². The summed E-state index contributed by atoms with van der Waals surface area (Å²) in [6, 6.07) is 0. The topological polar surface area (TPSA) is 71.4 Å². The van der Waals surface area contributed by atoms with Crippen LogP contribution in [0, 0.1) is 29.1 Å². The van der Waals surface area contributed by atoms with Gasteiger partial charge in [-0.2, -0.15) is 0 Å². The Morgan fingerprint density at radius 3 is 2.44 bits per heavy atom. The molecule has 1 N–H and O–H groups in total. The molecule has 4 saturated carbocycles. The highest BCUT2D eigenvalue weighted by atomic mass is 16.3. The van der Waals surface area contributed by atoms with Crippen molar-refractivity contribution < 1.29 is 19.5 Å². The molecule has 0 aromatic rings. The first-order chi connectivity index (χ1) is 8.24. The van der Waals surface area contributed by atoms with Crippen LogP contribution in [0.5, 0.6) is 0 Å². The average Bonchev–Trinajstić information content (AvgIpc) is 2.31. The molecule has 4 bridgehead atoms. The molecule has 6 atom stereocenters. The summed E-state index contributed by atoms with van der Waals surface area (Å²) >= 11 is 0. The molecule has 18 heavy (non-hydrogen) atoms. The van der Waals surface area contributed by atoms with Crippen LogP contribution in [0.1, 0.15) is 33.6 Å². The largest absolute Gasteiger partial charge is 0.382 e. The fourth-order valence-electron chi connectivity index (χ4n) is 4.67. The molecule has 0 aromatic heterocycles. The first-order valence-electron chi connectivity index (χ1n) is 6.58. The maximum Gasteiger partial charge on any atom is 0.177 e. The molecule has 0 radical (unpaired) electrons. The second-order valence-electron chi connectivity index (χ2n) is 6.50. The monoisotopic (exact) mass is 250 g/mol. The standard InChI is InChI=1S/C14H18O4/c1-6-7-4-5-8(15)9-10(7)14(3,18)12(17)13(6,2)11(9)16/h6-7,9-10,18H,4-5H2,1-3H3/t6-,7-,9-,10+,13-,14+/m1/s1. The lowest BCUT2D eigenvalue weighted by Crippen LogP contribution is -2.74. The lowest BCUT2D eigenvalue weighted by Gasteiger charge is -2.61. The van der Waals surface area contributed by atoms with Crippen LogP contribution >= 0.6 is 0 Å². The van der Waals surface area contributed by atoms with Crippen LogP contribution in [-0.2, 0) is 14.4 Å². The number of aliphatic hydroxyl groups is 1. The molecule has 0 heterocycles. The van der Waals surface area contributed by atoms with Crippen molar-refractivity contribution in [3.8, 4) is 0 Å². The molecule has 0 aromatic carbocycles. The van der Waals surface area contributed by atoms with Crippen molar-refractivity contribution in [3.63, 3.8) is 0 Å². The summed E-state index contributed by atoms with van der Waals surface area (Å²) in [5.41, 5.74) is -2.70. The molecule has 4 aliphatic rings. The van der Waals surface area contributed by atoms with Gasteiger partial charge in [0.2, 0.25) is 0 Å². The first-order valence-corrected chi connectivity index (χ1v) is 6.58. The summed E-state index contributed by atoms with van der Waals surface area (Å²) in [5, 5.41) is 10.5. The Labute approximate surface area is 106 Å². The number of rotatable bonds is 0. The number of ketones is 3. The van der Waals surface area contributed by atoms with Crippen molar-refractivity contribution in [1.29, 1.82) is 0 Å². The molecule has 4 nitrogen and oxygen atoms in total. The Kier molecular flexibility index (Phi) is 2.07. The molecular weight excluding hydrogens is 232 g/mol. The van der Waals surface area contributed by atoms with Crippen LogP contribution < -0.4 is 0 Å². The zero-order valence-corrected chi connectivity index (χ0v) is 10.9. The number of hydrogen-bond acceptors (Lipinski definition) is 4. The smallest absolute Gasteiger partial charge is 0.177 e. The first kappa shape index (κ1) is 12.0. The fourth-order valence-corrected chi connectivity index (χ4v) is 4.67. The van der Waals surface area contributed by atoms with Gasteiger partial charge >= 0.3 is 0 Å². The van der Waals surface area contributed by atoms with E-state index in [0.29, 0.717) is 12.8 Å². The van der Waals surface area contributed by atoms with Crippen LogP contribution in [0.15, 0.2) is 0 Å². The fraction of sp³-hybridized carbons (Fsp3) is 0.786. The minimum atomic E-state index is -1.53. The van der Waals surface area contributed by atoms with Crippen molar-refractivity contribution in [3.05, 3.63) is 0 Å². The third-order valence-corrected chi connectivity index (χ3v) is 5.82. The third kappa shape index (κ3) is 1.00. The zero-order chi connectivity index (χ0) is 13.5. The highest BCUT2D eigenvalue weighted by Crippen LogP contribution is 2.61. The zero-order valence-electron chi connectivity index (χ0n) is 10.9. The minimum Gasteiger partial charge on any atom is -0.382 e. The van der Waals surface area contributed by atoms with Crippen molar-refractivity contribution in [2.24, 2.45) is 29.1 Å². The Hall–Kier alpha value is -1.03. The highest BCUT2D eigenvalue weighted by Gasteiger charge is 2.73. The predicted octanol–water partition coefficient (Wildman–Crippen LogP) is 0.757. The maximum atomic E-state index is 12.5. The molecule has 0 spiro atoms.